The zero-order chi connectivity index (χ0) is 15.6. The summed E-state index contributed by atoms with van der Waals surface area (Å²) in [5.41, 5.74) is 4.21. The Hall–Kier alpha value is -2.95. The minimum absolute atomic E-state index is 0.0987. The molecule has 0 aliphatic heterocycles. The van der Waals surface area contributed by atoms with Crippen LogP contribution in [-0.4, -0.2) is 23.7 Å². The Bertz CT molecular complexity index is 654. The molecule has 0 aliphatic rings. The average molecular weight is 295 g/mol. The Labute approximate surface area is 129 Å². The van der Waals surface area contributed by atoms with Crippen molar-refractivity contribution >= 4 is 12.1 Å². The van der Waals surface area contributed by atoms with Gasteiger partial charge < -0.3 is 4.74 Å². The van der Waals surface area contributed by atoms with Gasteiger partial charge in [-0.15, -0.1) is 6.58 Å². The maximum Gasteiger partial charge on any atom is 0.277 e. The van der Waals surface area contributed by atoms with E-state index in [0.717, 1.165) is 11.1 Å². The number of benzene rings is 1. The van der Waals surface area contributed by atoms with Crippen molar-refractivity contribution in [3.63, 3.8) is 0 Å². The van der Waals surface area contributed by atoms with Crippen molar-refractivity contribution in [1.82, 2.24) is 10.4 Å². The van der Waals surface area contributed by atoms with Gasteiger partial charge in [0.2, 0.25) is 0 Å². The topological polar surface area (TPSA) is 63.6 Å². The van der Waals surface area contributed by atoms with E-state index < -0.39 is 0 Å². The monoisotopic (exact) mass is 295 g/mol. The van der Waals surface area contributed by atoms with Crippen molar-refractivity contribution in [3.8, 4) is 5.75 Å². The van der Waals surface area contributed by atoms with Crippen LogP contribution in [-0.2, 0) is 11.2 Å². The Morgan fingerprint density at radius 3 is 2.95 bits per heavy atom. The molecule has 2 rings (SSSR count). The fourth-order valence-electron chi connectivity index (χ4n) is 1.78. The zero-order valence-corrected chi connectivity index (χ0v) is 12.1. The molecule has 0 unspecified atom stereocenters. The standard InChI is InChI=1S/C17H17N3O2/c1-2-6-15-8-3-4-9-16(15)22-13-17(21)20-19-12-14-7-5-10-18-11-14/h2-5,7-12H,1,6,13H2,(H,20,21)/b19-12-. The van der Waals surface area contributed by atoms with Crippen molar-refractivity contribution in [2.45, 2.75) is 6.42 Å². The van der Waals surface area contributed by atoms with Crippen LogP contribution in [0.15, 0.2) is 66.5 Å². The Morgan fingerprint density at radius 2 is 2.18 bits per heavy atom. The number of para-hydroxylation sites is 1. The predicted molar refractivity (Wildman–Crippen MR) is 85.8 cm³/mol. The summed E-state index contributed by atoms with van der Waals surface area (Å²) >= 11 is 0. The summed E-state index contributed by atoms with van der Waals surface area (Å²) in [4.78, 5) is 15.6. The van der Waals surface area contributed by atoms with Crippen LogP contribution in [0.5, 0.6) is 5.75 Å². The van der Waals surface area contributed by atoms with E-state index in [1.807, 2.05) is 30.3 Å². The molecule has 0 atom stereocenters. The number of aromatic nitrogens is 1. The second-order valence-corrected chi connectivity index (χ2v) is 4.47. The van der Waals surface area contributed by atoms with E-state index in [4.69, 9.17) is 4.74 Å². The molecule has 22 heavy (non-hydrogen) atoms. The number of hydrazone groups is 1. The molecule has 0 saturated carbocycles. The largest absolute Gasteiger partial charge is 0.483 e. The molecule has 0 spiro atoms. The third-order valence-electron chi connectivity index (χ3n) is 2.78. The van der Waals surface area contributed by atoms with Crippen molar-refractivity contribution in [1.29, 1.82) is 0 Å². The molecule has 1 amide bonds. The summed E-state index contributed by atoms with van der Waals surface area (Å²) in [6.07, 6.45) is 7.33. The average Bonchev–Trinajstić information content (AvgIpc) is 2.55. The molecule has 5 nitrogen and oxygen atoms in total. The van der Waals surface area contributed by atoms with Crippen molar-refractivity contribution in [2.75, 3.05) is 6.61 Å². The summed E-state index contributed by atoms with van der Waals surface area (Å²) in [6.45, 7) is 3.60. The molecule has 2 aromatic rings. The number of amides is 1. The molecule has 5 heteroatoms. The number of carbonyl (C=O) groups excluding carboxylic acids is 1. The van der Waals surface area contributed by atoms with E-state index in [0.29, 0.717) is 12.2 Å². The van der Waals surface area contributed by atoms with Gasteiger partial charge in [0, 0.05) is 18.0 Å². The lowest BCUT2D eigenvalue weighted by atomic mass is 10.1. The molecule has 0 bridgehead atoms. The molecular weight excluding hydrogens is 278 g/mol. The Balaban J connectivity index is 1.83. The zero-order valence-electron chi connectivity index (χ0n) is 12.1. The van der Waals surface area contributed by atoms with Crippen LogP contribution in [0.3, 0.4) is 0 Å². The fraction of sp³-hybridized carbons (Fsp3) is 0.118. The second kappa shape index (κ2) is 8.36. The highest BCUT2D eigenvalue weighted by atomic mass is 16.5. The SMILES string of the molecule is C=CCc1ccccc1OCC(=O)N/N=C\c1cccnc1. The third-order valence-corrected chi connectivity index (χ3v) is 2.78. The van der Waals surface area contributed by atoms with E-state index in [1.54, 1.807) is 24.5 Å². The first-order valence-corrected chi connectivity index (χ1v) is 6.83. The molecule has 0 fully saturated rings. The summed E-state index contributed by atoms with van der Waals surface area (Å²) in [5, 5.41) is 3.85. The highest BCUT2D eigenvalue weighted by Crippen LogP contribution is 2.18. The number of rotatable bonds is 7. The molecule has 1 aromatic heterocycles. The van der Waals surface area contributed by atoms with Crippen molar-refractivity contribution in [2.24, 2.45) is 5.10 Å². The fourth-order valence-corrected chi connectivity index (χ4v) is 1.78. The van der Waals surface area contributed by atoms with Crippen LogP contribution >= 0.6 is 0 Å². The number of hydrogen-bond acceptors (Lipinski definition) is 4. The van der Waals surface area contributed by atoms with Gasteiger partial charge in [0.15, 0.2) is 6.61 Å². The van der Waals surface area contributed by atoms with E-state index in [1.165, 1.54) is 6.21 Å². The van der Waals surface area contributed by atoms with E-state index in [9.17, 15) is 4.79 Å². The molecular formula is C17H17N3O2. The van der Waals surface area contributed by atoms with E-state index in [2.05, 4.69) is 22.1 Å². The normalized spacial score (nSPS) is 10.4. The van der Waals surface area contributed by atoms with Gasteiger partial charge in [-0.2, -0.15) is 5.10 Å². The van der Waals surface area contributed by atoms with Gasteiger partial charge in [-0.05, 0) is 24.1 Å². The second-order valence-electron chi connectivity index (χ2n) is 4.47. The van der Waals surface area contributed by atoms with Gasteiger partial charge in [-0.25, -0.2) is 5.43 Å². The smallest absolute Gasteiger partial charge is 0.277 e. The minimum Gasteiger partial charge on any atom is -0.483 e. The highest BCUT2D eigenvalue weighted by Gasteiger charge is 2.04. The number of carbonyl (C=O) groups is 1. The van der Waals surface area contributed by atoms with Crippen LogP contribution in [0.25, 0.3) is 0 Å². The first kappa shape index (κ1) is 15.4. The summed E-state index contributed by atoms with van der Waals surface area (Å²) in [6, 6.07) is 11.2. The Kier molecular flexibility index (Phi) is 5.87. The minimum atomic E-state index is -0.325. The highest BCUT2D eigenvalue weighted by molar-refractivity contribution is 5.82. The number of ether oxygens (including phenoxy) is 1. The van der Waals surface area contributed by atoms with Crippen molar-refractivity contribution < 1.29 is 9.53 Å². The number of hydrogen-bond donors (Lipinski definition) is 1. The lowest BCUT2D eigenvalue weighted by Gasteiger charge is -2.09. The van der Waals surface area contributed by atoms with Gasteiger partial charge in [0.1, 0.15) is 5.75 Å². The number of pyridine rings is 1. The van der Waals surface area contributed by atoms with Gasteiger partial charge in [-0.3, -0.25) is 9.78 Å². The summed E-state index contributed by atoms with van der Waals surface area (Å²) in [5.74, 6) is 0.349. The first-order chi connectivity index (χ1) is 10.8. The number of nitrogens with one attached hydrogen (secondary N) is 1. The quantitative estimate of drug-likeness (QED) is 0.484. The molecule has 1 heterocycles. The van der Waals surface area contributed by atoms with Gasteiger partial charge in [0.25, 0.3) is 5.91 Å². The molecule has 1 aromatic carbocycles. The molecule has 0 aliphatic carbocycles. The lowest BCUT2D eigenvalue weighted by molar-refractivity contribution is -0.123. The van der Waals surface area contributed by atoms with Crippen LogP contribution < -0.4 is 10.2 Å². The van der Waals surface area contributed by atoms with Crippen LogP contribution in [0.2, 0.25) is 0 Å². The van der Waals surface area contributed by atoms with Crippen LogP contribution in [0, 0.1) is 0 Å². The number of nitrogens with zero attached hydrogens (tertiary/aromatic N) is 2. The predicted octanol–water partition coefficient (Wildman–Crippen LogP) is 2.34. The van der Waals surface area contributed by atoms with Gasteiger partial charge in [-0.1, -0.05) is 30.3 Å². The van der Waals surface area contributed by atoms with E-state index >= 15 is 0 Å². The maximum absolute atomic E-state index is 11.7. The molecule has 0 radical (unpaired) electrons. The van der Waals surface area contributed by atoms with Gasteiger partial charge >= 0.3 is 0 Å². The van der Waals surface area contributed by atoms with Crippen LogP contribution in [0.4, 0.5) is 0 Å². The van der Waals surface area contributed by atoms with Gasteiger partial charge in [0.05, 0.1) is 6.21 Å². The molecule has 112 valence electrons. The molecule has 1 N–H and O–H groups in total. The van der Waals surface area contributed by atoms with E-state index in [-0.39, 0.29) is 12.5 Å². The summed E-state index contributed by atoms with van der Waals surface area (Å²) < 4.78 is 5.51. The maximum atomic E-state index is 11.7. The third kappa shape index (κ3) is 4.86. The lowest BCUT2D eigenvalue weighted by Crippen LogP contribution is -2.24. The number of allylic oxidation sites excluding steroid dienone is 1. The van der Waals surface area contributed by atoms with Crippen LogP contribution in [0.1, 0.15) is 11.1 Å². The molecule has 0 saturated heterocycles. The van der Waals surface area contributed by atoms with Crippen molar-refractivity contribution in [3.05, 3.63) is 72.6 Å². The summed E-state index contributed by atoms with van der Waals surface area (Å²) in [7, 11) is 0. The Morgan fingerprint density at radius 1 is 1.32 bits per heavy atom. The first-order valence-electron chi connectivity index (χ1n) is 6.83.